The first-order valence-corrected chi connectivity index (χ1v) is 12.3. The van der Waals surface area contributed by atoms with Crippen LogP contribution in [0.25, 0.3) is 10.2 Å². The van der Waals surface area contributed by atoms with Crippen molar-refractivity contribution in [1.29, 1.82) is 0 Å². The van der Waals surface area contributed by atoms with Gasteiger partial charge in [-0.2, -0.15) is 0 Å². The average molecular weight is 475 g/mol. The van der Waals surface area contributed by atoms with Gasteiger partial charge in [0.2, 0.25) is 5.91 Å². The summed E-state index contributed by atoms with van der Waals surface area (Å²) in [6.45, 7) is 5.93. The van der Waals surface area contributed by atoms with E-state index in [0.29, 0.717) is 22.5 Å². The van der Waals surface area contributed by atoms with Gasteiger partial charge in [-0.1, -0.05) is 35.9 Å². The Labute approximate surface area is 193 Å². The molecule has 1 N–H and O–H groups in total. The van der Waals surface area contributed by atoms with Crippen LogP contribution in [0.3, 0.4) is 0 Å². The Morgan fingerprint density at radius 2 is 2.19 bits per heavy atom. The lowest BCUT2D eigenvalue weighted by Gasteiger charge is -2.15. The van der Waals surface area contributed by atoms with E-state index < -0.39 is 5.25 Å². The zero-order valence-corrected chi connectivity index (χ0v) is 19.6. The summed E-state index contributed by atoms with van der Waals surface area (Å²) in [5.41, 5.74) is 1.13. The summed E-state index contributed by atoms with van der Waals surface area (Å²) in [5, 5.41) is 4.08. The van der Waals surface area contributed by atoms with Gasteiger partial charge in [-0.05, 0) is 50.3 Å². The summed E-state index contributed by atoms with van der Waals surface area (Å²) < 4.78 is 1.63. The number of aromatic nitrogens is 3. The SMILES string of the molecule is C=CCn1c(SC(C)C(=O)Nc2ccc(Cl)cn2)nc2sc3c(c2c1=O)CCCCC3. The van der Waals surface area contributed by atoms with Crippen molar-refractivity contribution in [2.24, 2.45) is 0 Å². The number of aryl methyl sites for hydroxylation is 2. The zero-order valence-electron chi connectivity index (χ0n) is 17.2. The number of thiophene rings is 1. The van der Waals surface area contributed by atoms with E-state index in [1.54, 1.807) is 41.0 Å². The number of allylic oxidation sites excluding steroid dienone is 1. The summed E-state index contributed by atoms with van der Waals surface area (Å²) in [4.78, 5) is 37.0. The van der Waals surface area contributed by atoms with Crippen LogP contribution in [0.2, 0.25) is 5.02 Å². The topological polar surface area (TPSA) is 76.9 Å². The molecule has 1 aliphatic carbocycles. The molecule has 31 heavy (non-hydrogen) atoms. The Kier molecular flexibility index (Phi) is 6.79. The molecular weight excluding hydrogens is 452 g/mol. The number of carbonyl (C=O) groups is 1. The third-order valence-corrected chi connectivity index (χ3v) is 7.73. The number of pyridine rings is 1. The second-order valence-electron chi connectivity index (χ2n) is 7.45. The molecule has 0 saturated heterocycles. The molecule has 0 saturated carbocycles. The number of fused-ring (bicyclic) bond motifs is 3. The van der Waals surface area contributed by atoms with Crippen LogP contribution in [0, 0.1) is 0 Å². The first kappa shape index (κ1) is 22.0. The van der Waals surface area contributed by atoms with E-state index in [1.807, 2.05) is 0 Å². The van der Waals surface area contributed by atoms with Crippen LogP contribution in [0.4, 0.5) is 5.82 Å². The van der Waals surface area contributed by atoms with Gasteiger partial charge in [-0.15, -0.1) is 17.9 Å². The van der Waals surface area contributed by atoms with Crippen molar-refractivity contribution in [1.82, 2.24) is 14.5 Å². The van der Waals surface area contributed by atoms with Crippen LogP contribution in [-0.2, 0) is 24.2 Å². The maximum absolute atomic E-state index is 13.4. The fourth-order valence-corrected chi connectivity index (χ4v) is 6.00. The summed E-state index contributed by atoms with van der Waals surface area (Å²) in [6.07, 6.45) is 8.55. The minimum atomic E-state index is -0.476. The molecule has 1 aliphatic rings. The second-order valence-corrected chi connectivity index (χ2v) is 10.3. The lowest BCUT2D eigenvalue weighted by Crippen LogP contribution is -2.27. The van der Waals surface area contributed by atoms with Gasteiger partial charge in [-0.25, -0.2) is 9.97 Å². The summed E-state index contributed by atoms with van der Waals surface area (Å²) in [5.74, 6) is 0.206. The maximum atomic E-state index is 13.4. The van der Waals surface area contributed by atoms with Gasteiger partial charge in [0.05, 0.1) is 15.7 Å². The molecule has 0 aromatic carbocycles. The van der Waals surface area contributed by atoms with E-state index in [1.165, 1.54) is 34.8 Å². The van der Waals surface area contributed by atoms with Gasteiger partial charge in [-0.3, -0.25) is 14.2 Å². The van der Waals surface area contributed by atoms with Crippen LogP contribution < -0.4 is 10.9 Å². The molecule has 3 aromatic rings. The van der Waals surface area contributed by atoms with Crippen molar-refractivity contribution in [3.8, 4) is 0 Å². The van der Waals surface area contributed by atoms with Crippen molar-refractivity contribution >= 4 is 56.6 Å². The molecule has 0 aliphatic heterocycles. The second kappa shape index (κ2) is 9.54. The van der Waals surface area contributed by atoms with Crippen molar-refractivity contribution in [2.75, 3.05) is 5.32 Å². The highest BCUT2D eigenvalue weighted by molar-refractivity contribution is 8.00. The molecule has 3 aromatic heterocycles. The number of nitrogens with one attached hydrogen (secondary N) is 1. The number of nitrogens with zero attached hydrogens (tertiary/aromatic N) is 3. The standard InChI is InChI=1S/C22H23ClN4O2S2/c1-3-11-27-21(29)18-15-7-5-4-6-8-16(15)31-20(18)26-22(27)30-13(2)19(28)25-17-10-9-14(23)12-24-17/h3,9-10,12-13H,1,4-8,11H2,2H3,(H,24,25,28). The van der Waals surface area contributed by atoms with Crippen molar-refractivity contribution in [3.63, 3.8) is 0 Å². The fourth-order valence-electron chi connectivity index (χ4n) is 3.67. The molecule has 162 valence electrons. The molecule has 9 heteroatoms. The Morgan fingerprint density at radius 1 is 1.39 bits per heavy atom. The molecule has 4 rings (SSSR count). The highest BCUT2D eigenvalue weighted by Gasteiger charge is 2.24. The number of amides is 1. The largest absolute Gasteiger partial charge is 0.310 e. The fraction of sp³-hybridized carbons (Fsp3) is 0.364. The number of anilines is 1. The third-order valence-electron chi connectivity index (χ3n) is 5.23. The first-order valence-electron chi connectivity index (χ1n) is 10.2. The normalized spacial score (nSPS) is 14.6. The monoisotopic (exact) mass is 474 g/mol. The number of hydrogen-bond donors (Lipinski definition) is 1. The third kappa shape index (κ3) is 4.71. The van der Waals surface area contributed by atoms with Crippen molar-refractivity contribution in [3.05, 3.63) is 56.8 Å². The van der Waals surface area contributed by atoms with Gasteiger partial charge >= 0.3 is 0 Å². The average Bonchev–Trinajstić information content (AvgIpc) is 2.93. The summed E-state index contributed by atoms with van der Waals surface area (Å²) in [6, 6.07) is 3.31. The number of hydrogen-bond acceptors (Lipinski definition) is 6. The van der Waals surface area contributed by atoms with E-state index in [2.05, 4.69) is 16.9 Å². The predicted molar refractivity (Wildman–Crippen MR) is 129 cm³/mol. The van der Waals surface area contributed by atoms with Gasteiger partial charge in [0.1, 0.15) is 10.6 Å². The highest BCUT2D eigenvalue weighted by atomic mass is 35.5. The minimum Gasteiger partial charge on any atom is -0.310 e. The Balaban J connectivity index is 1.65. The summed E-state index contributed by atoms with van der Waals surface area (Å²) >= 11 is 8.73. The molecular formula is C22H23ClN4O2S2. The van der Waals surface area contributed by atoms with E-state index in [4.69, 9.17) is 16.6 Å². The van der Waals surface area contributed by atoms with Gasteiger partial charge in [0, 0.05) is 17.6 Å². The molecule has 0 bridgehead atoms. The molecule has 6 nitrogen and oxygen atoms in total. The molecule has 0 fully saturated rings. The van der Waals surface area contributed by atoms with E-state index >= 15 is 0 Å². The predicted octanol–water partition coefficient (Wildman–Crippen LogP) is 5.08. The molecule has 0 spiro atoms. The molecule has 3 heterocycles. The Bertz CT molecular complexity index is 1190. The number of thioether (sulfide) groups is 1. The number of carbonyl (C=O) groups excluding carboxylic acids is 1. The van der Waals surface area contributed by atoms with Gasteiger partial charge in [0.25, 0.3) is 5.56 Å². The Hall–Kier alpha value is -2.16. The Morgan fingerprint density at radius 3 is 2.94 bits per heavy atom. The van der Waals surface area contributed by atoms with Crippen LogP contribution >= 0.6 is 34.7 Å². The molecule has 1 amide bonds. The zero-order chi connectivity index (χ0) is 22.0. The van der Waals surface area contributed by atoms with Crippen molar-refractivity contribution in [2.45, 2.75) is 56.0 Å². The van der Waals surface area contributed by atoms with Crippen molar-refractivity contribution < 1.29 is 4.79 Å². The van der Waals surface area contributed by atoms with Gasteiger partial charge < -0.3 is 5.32 Å². The number of rotatable bonds is 6. The summed E-state index contributed by atoms with van der Waals surface area (Å²) in [7, 11) is 0. The quantitative estimate of drug-likeness (QED) is 0.233. The lowest BCUT2D eigenvalue weighted by atomic mass is 10.1. The molecule has 0 radical (unpaired) electrons. The molecule has 1 unspecified atom stereocenters. The van der Waals surface area contributed by atoms with E-state index in [9.17, 15) is 9.59 Å². The van der Waals surface area contributed by atoms with E-state index in [0.717, 1.165) is 35.9 Å². The highest BCUT2D eigenvalue weighted by Crippen LogP contribution is 2.34. The number of halogens is 1. The minimum absolute atomic E-state index is 0.0428. The van der Waals surface area contributed by atoms with Crippen LogP contribution in [0.5, 0.6) is 0 Å². The first-order chi connectivity index (χ1) is 15.0. The smallest absolute Gasteiger partial charge is 0.263 e. The van der Waals surface area contributed by atoms with Gasteiger partial charge in [0.15, 0.2) is 5.16 Å². The van der Waals surface area contributed by atoms with E-state index in [-0.39, 0.29) is 11.5 Å². The van der Waals surface area contributed by atoms with Crippen LogP contribution in [0.15, 0.2) is 40.9 Å². The van der Waals surface area contributed by atoms with Crippen LogP contribution in [-0.4, -0.2) is 25.7 Å². The van der Waals surface area contributed by atoms with Crippen LogP contribution in [0.1, 0.15) is 36.6 Å². The molecule has 1 atom stereocenters. The maximum Gasteiger partial charge on any atom is 0.263 e. The lowest BCUT2D eigenvalue weighted by molar-refractivity contribution is -0.115.